The predicted molar refractivity (Wildman–Crippen MR) is 79.2 cm³/mol. The average molecular weight is 288 g/mol. The highest BCUT2D eigenvalue weighted by molar-refractivity contribution is 5.92. The summed E-state index contributed by atoms with van der Waals surface area (Å²) in [6, 6.07) is 7.49. The average Bonchev–Trinajstić information content (AvgIpc) is 2.91. The number of carbonyl (C=O) groups excluding carboxylic acids is 1. The maximum Gasteiger partial charge on any atom is 0.329 e. The second kappa shape index (κ2) is 5.06. The molecule has 1 amide bonds. The maximum absolute atomic E-state index is 12.8. The number of piperidine rings is 1. The Hall–Kier alpha value is -2.04. The predicted octanol–water partition coefficient (Wildman–Crippen LogP) is 1.88. The largest absolute Gasteiger partial charge is 0.480 e. The molecular weight excluding hydrogens is 268 g/mol. The molecule has 1 saturated heterocycles. The zero-order valence-corrected chi connectivity index (χ0v) is 12.1. The summed E-state index contributed by atoms with van der Waals surface area (Å²) in [5.74, 6) is -1.01. The lowest BCUT2D eigenvalue weighted by Crippen LogP contribution is -2.60. The van der Waals surface area contributed by atoms with Gasteiger partial charge in [0.25, 0.3) is 0 Å². The summed E-state index contributed by atoms with van der Waals surface area (Å²) in [5, 5.41) is 12.7. The van der Waals surface area contributed by atoms with Gasteiger partial charge in [-0.3, -0.25) is 4.79 Å². The highest BCUT2D eigenvalue weighted by Gasteiger charge is 2.46. The van der Waals surface area contributed by atoms with Gasteiger partial charge in [-0.1, -0.05) is 18.2 Å². The van der Waals surface area contributed by atoms with Gasteiger partial charge in [-0.2, -0.15) is 0 Å². The number of anilines is 1. The number of para-hydroxylation sites is 1. The van der Waals surface area contributed by atoms with Crippen LogP contribution in [0.1, 0.15) is 31.7 Å². The van der Waals surface area contributed by atoms with Crippen LogP contribution in [0.3, 0.4) is 0 Å². The molecular formula is C16H20N2O3. The van der Waals surface area contributed by atoms with E-state index in [0.717, 1.165) is 24.1 Å². The fourth-order valence-corrected chi connectivity index (χ4v) is 3.33. The van der Waals surface area contributed by atoms with Crippen LogP contribution in [0, 0.1) is 0 Å². The first-order valence-corrected chi connectivity index (χ1v) is 7.42. The van der Waals surface area contributed by atoms with Crippen molar-refractivity contribution in [2.24, 2.45) is 0 Å². The zero-order valence-electron chi connectivity index (χ0n) is 12.1. The summed E-state index contributed by atoms with van der Waals surface area (Å²) in [4.78, 5) is 26.0. The second-order valence-electron chi connectivity index (χ2n) is 6.08. The topological polar surface area (TPSA) is 69.6 Å². The quantitative estimate of drug-likeness (QED) is 0.872. The normalized spacial score (nSPS) is 27.9. The minimum absolute atomic E-state index is 0.101. The van der Waals surface area contributed by atoms with Gasteiger partial charge in [0.15, 0.2) is 0 Å². The van der Waals surface area contributed by atoms with Crippen molar-refractivity contribution in [3.8, 4) is 0 Å². The van der Waals surface area contributed by atoms with Gasteiger partial charge in [0.05, 0.1) is 0 Å². The molecule has 1 aromatic carbocycles. The number of benzene rings is 1. The van der Waals surface area contributed by atoms with Crippen LogP contribution in [0.5, 0.6) is 0 Å². The molecule has 2 aliphatic rings. The second-order valence-corrected chi connectivity index (χ2v) is 6.08. The van der Waals surface area contributed by atoms with Gasteiger partial charge in [0, 0.05) is 18.7 Å². The van der Waals surface area contributed by atoms with E-state index < -0.39 is 11.5 Å². The summed E-state index contributed by atoms with van der Waals surface area (Å²) < 4.78 is 0. The van der Waals surface area contributed by atoms with Gasteiger partial charge in [-0.05, 0) is 37.8 Å². The Balaban J connectivity index is 1.81. The lowest BCUT2D eigenvalue weighted by molar-refractivity contribution is -0.161. The third-order valence-corrected chi connectivity index (χ3v) is 4.69. The van der Waals surface area contributed by atoms with Crippen molar-refractivity contribution in [3.05, 3.63) is 29.8 Å². The SMILES string of the molecule is CC1(C(=O)O)CCCCN1C(=O)[C@@H]1Cc2ccccc2N1. The lowest BCUT2D eigenvalue weighted by atomic mass is 9.87. The fraction of sp³-hybridized carbons (Fsp3) is 0.500. The molecule has 2 heterocycles. The molecule has 0 saturated carbocycles. The van der Waals surface area contributed by atoms with Crippen LogP contribution in [-0.4, -0.2) is 40.0 Å². The van der Waals surface area contributed by atoms with E-state index in [4.69, 9.17) is 0 Å². The highest BCUT2D eigenvalue weighted by atomic mass is 16.4. The Bertz CT molecular complexity index is 562. The van der Waals surface area contributed by atoms with Gasteiger partial charge in [-0.25, -0.2) is 4.79 Å². The van der Waals surface area contributed by atoms with Crippen LogP contribution >= 0.6 is 0 Å². The number of aliphatic carboxylic acids is 1. The van der Waals surface area contributed by atoms with Crippen molar-refractivity contribution in [1.29, 1.82) is 0 Å². The number of carbonyl (C=O) groups is 2. The van der Waals surface area contributed by atoms with Crippen molar-refractivity contribution in [3.63, 3.8) is 0 Å². The van der Waals surface area contributed by atoms with E-state index >= 15 is 0 Å². The van der Waals surface area contributed by atoms with Gasteiger partial charge in [0.2, 0.25) is 5.91 Å². The van der Waals surface area contributed by atoms with Gasteiger partial charge in [-0.15, -0.1) is 0 Å². The summed E-state index contributed by atoms with van der Waals surface area (Å²) >= 11 is 0. The summed E-state index contributed by atoms with van der Waals surface area (Å²) in [7, 11) is 0. The smallest absolute Gasteiger partial charge is 0.329 e. The maximum atomic E-state index is 12.8. The molecule has 2 aliphatic heterocycles. The number of amides is 1. The molecule has 0 aliphatic carbocycles. The molecule has 21 heavy (non-hydrogen) atoms. The van der Waals surface area contributed by atoms with Crippen LogP contribution in [0.4, 0.5) is 5.69 Å². The number of fused-ring (bicyclic) bond motifs is 1. The standard InChI is InChI=1S/C16H20N2O3/c1-16(15(20)21)8-4-5-9-18(16)14(19)13-10-11-6-2-3-7-12(11)17-13/h2-3,6-7,13,17H,4-5,8-10H2,1H3,(H,20,21)/t13-,16?/m0/s1. The molecule has 0 spiro atoms. The van der Waals surface area contributed by atoms with E-state index in [9.17, 15) is 14.7 Å². The molecule has 1 fully saturated rings. The zero-order chi connectivity index (χ0) is 15.0. The summed E-state index contributed by atoms with van der Waals surface area (Å²) in [6.07, 6.45) is 2.87. The first-order valence-electron chi connectivity index (χ1n) is 7.42. The van der Waals surface area contributed by atoms with Crippen molar-refractivity contribution in [2.45, 2.75) is 44.2 Å². The molecule has 1 aromatic rings. The van der Waals surface area contributed by atoms with E-state index in [0.29, 0.717) is 19.4 Å². The molecule has 5 heteroatoms. The Labute approximate surface area is 123 Å². The van der Waals surface area contributed by atoms with Gasteiger partial charge >= 0.3 is 5.97 Å². The first kappa shape index (κ1) is 13.9. The molecule has 5 nitrogen and oxygen atoms in total. The Morgan fingerprint density at radius 1 is 1.33 bits per heavy atom. The van der Waals surface area contributed by atoms with E-state index in [1.807, 2.05) is 24.3 Å². The lowest BCUT2D eigenvalue weighted by Gasteiger charge is -2.42. The number of rotatable bonds is 2. The van der Waals surface area contributed by atoms with Gasteiger partial charge < -0.3 is 15.3 Å². The van der Waals surface area contributed by atoms with Crippen LogP contribution < -0.4 is 5.32 Å². The molecule has 2 N–H and O–H groups in total. The van der Waals surface area contributed by atoms with Crippen molar-refractivity contribution >= 4 is 17.6 Å². The van der Waals surface area contributed by atoms with E-state index in [2.05, 4.69) is 5.32 Å². The number of nitrogens with one attached hydrogen (secondary N) is 1. The van der Waals surface area contributed by atoms with Crippen molar-refractivity contribution < 1.29 is 14.7 Å². The number of carboxylic acids is 1. The molecule has 3 rings (SSSR count). The molecule has 112 valence electrons. The van der Waals surface area contributed by atoms with E-state index in [1.165, 1.54) is 0 Å². The van der Waals surface area contributed by atoms with E-state index in [-0.39, 0.29) is 11.9 Å². The van der Waals surface area contributed by atoms with E-state index in [1.54, 1.807) is 11.8 Å². The van der Waals surface area contributed by atoms with Crippen LogP contribution in [0.2, 0.25) is 0 Å². The molecule has 2 atom stereocenters. The fourth-order valence-electron chi connectivity index (χ4n) is 3.33. The third-order valence-electron chi connectivity index (χ3n) is 4.69. The minimum atomic E-state index is -1.08. The molecule has 0 radical (unpaired) electrons. The monoisotopic (exact) mass is 288 g/mol. The first-order chi connectivity index (χ1) is 10.0. The Morgan fingerprint density at radius 2 is 2.10 bits per heavy atom. The number of carboxylic acid groups (broad SMARTS) is 1. The Morgan fingerprint density at radius 3 is 2.81 bits per heavy atom. The van der Waals surface area contributed by atoms with Crippen LogP contribution in [-0.2, 0) is 16.0 Å². The molecule has 0 bridgehead atoms. The van der Waals surface area contributed by atoms with Crippen LogP contribution in [0.15, 0.2) is 24.3 Å². The number of hydrogen-bond acceptors (Lipinski definition) is 3. The van der Waals surface area contributed by atoms with Crippen LogP contribution in [0.25, 0.3) is 0 Å². The minimum Gasteiger partial charge on any atom is -0.480 e. The third kappa shape index (κ3) is 2.26. The number of hydrogen-bond donors (Lipinski definition) is 2. The summed E-state index contributed by atoms with van der Waals surface area (Å²) in [6.45, 7) is 2.19. The number of likely N-dealkylation sites (tertiary alicyclic amines) is 1. The van der Waals surface area contributed by atoms with Gasteiger partial charge in [0.1, 0.15) is 11.6 Å². The highest BCUT2D eigenvalue weighted by Crippen LogP contribution is 2.32. The number of nitrogens with zero attached hydrogens (tertiary/aromatic N) is 1. The summed E-state index contributed by atoms with van der Waals surface area (Å²) in [5.41, 5.74) is 1.01. The van der Waals surface area contributed by atoms with Crippen molar-refractivity contribution in [2.75, 3.05) is 11.9 Å². The van der Waals surface area contributed by atoms with Crippen molar-refractivity contribution in [1.82, 2.24) is 4.90 Å². The Kier molecular flexibility index (Phi) is 3.35. The molecule has 0 aromatic heterocycles. The molecule has 1 unspecified atom stereocenters.